The molecule has 1 atom stereocenters. The second kappa shape index (κ2) is 5.63. The summed E-state index contributed by atoms with van der Waals surface area (Å²) in [6.45, 7) is 2.88. The van der Waals surface area contributed by atoms with E-state index in [1.165, 1.54) is 12.1 Å². The van der Waals surface area contributed by atoms with Gasteiger partial charge in [0.2, 0.25) is 0 Å². The molecule has 1 heterocycles. The summed E-state index contributed by atoms with van der Waals surface area (Å²) in [5.41, 5.74) is 8.13. The molecule has 2 aromatic rings. The summed E-state index contributed by atoms with van der Waals surface area (Å²) in [4.78, 5) is 0. The van der Waals surface area contributed by atoms with E-state index in [0.717, 1.165) is 17.7 Å². The van der Waals surface area contributed by atoms with Gasteiger partial charge in [-0.3, -0.25) is 4.68 Å². The molecular formula is C13H15BrFN3. The Bertz CT molecular complexity index is 539. The van der Waals surface area contributed by atoms with Gasteiger partial charge in [0.25, 0.3) is 0 Å². The average molecular weight is 312 g/mol. The fraction of sp³-hybridized carbons (Fsp3) is 0.308. The van der Waals surface area contributed by atoms with Gasteiger partial charge in [-0.05, 0) is 36.6 Å². The van der Waals surface area contributed by atoms with Crippen LogP contribution in [0.3, 0.4) is 0 Å². The van der Waals surface area contributed by atoms with Gasteiger partial charge < -0.3 is 5.73 Å². The predicted octanol–water partition coefficient (Wildman–Crippen LogP) is 3.05. The van der Waals surface area contributed by atoms with E-state index in [-0.39, 0.29) is 11.9 Å². The molecule has 0 saturated carbocycles. The highest BCUT2D eigenvalue weighted by atomic mass is 79.9. The van der Waals surface area contributed by atoms with Crippen LogP contribution in [0.4, 0.5) is 4.39 Å². The quantitative estimate of drug-likeness (QED) is 0.943. The highest BCUT2D eigenvalue weighted by Gasteiger charge is 2.12. The van der Waals surface area contributed by atoms with Crippen LogP contribution < -0.4 is 5.73 Å². The third-order valence-electron chi connectivity index (χ3n) is 2.83. The number of nitrogens with two attached hydrogens (primary N) is 1. The molecule has 18 heavy (non-hydrogen) atoms. The Kier molecular flexibility index (Phi) is 4.14. The zero-order valence-corrected chi connectivity index (χ0v) is 11.7. The van der Waals surface area contributed by atoms with Crippen molar-refractivity contribution < 1.29 is 4.39 Å². The molecule has 0 aliphatic heterocycles. The van der Waals surface area contributed by atoms with Crippen molar-refractivity contribution in [3.05, 3.63) is 52.0 Å². The van der Waals surface area contributed by atoms with Crippen molar-refractivity contribution in [1.29, 1.82) is 0 Å². The second-order valence-electron chi connectivity index (χ2n) is 4.18. The van der Waals surface area contributed by atoms with Crippen LogP contribution in [-0.2, 0) is 13.0 Å². The minimum absolute atomic E-state index is 0.172. The molecule has 0 aliphatic rings. The average Bonchev–Trinajstić information content (AvgIpc) is 2.76. The van der Waals surface area contributed by atoms with Crippen molar-refractivity contribution >= 4 is 15.9 Å². The van der Waals surface area contributed by atoms with E-state index < -0.39 is 0 Å². The maximum Gasteiger partial charge on any atom is 0.124 e. The zero-order valence-electron chi connectivity index (χ0n) is 10.1. The highest BCUT2D eigenvalue weighted by molar-refractivity contribution is 9.10. The lowest BCUT2D eigenvalue weighted by Gasteiger charge is -2.12. The van der Waals surface area contributed by atoms with Gasteiger partial charge in [0.15, 0.2) is 0 Å². The lowest BCUT2D eigenvalue weighted by molar-refractivity contribution is 0.622. The van der Waals surface area contributed by atoms with Gasteiger partial charge in [-0.25, -0.2) is 4.39 Å². The van der Waals surface area contributed by atoms with Crippen LogP contribution in [0.1, 0.15) is 24.1 Å². The number of hydrogen-bond acceptors (Lipinski definition) is 2. The maximum absolute atomic E-state index is 13.0. The van der Waals surface area contributed by atoms with Crippen LogP contribution in [0.5, 0.6) is 0 Å². The molecule has 0 fully saturated rings. The monoisotopic (exact) mass is 311 g/mol. The summed E-state index contributed by atoms with van der Waals surface area (Å²) >= 11 is 3.34. The zero-order chi connectivity index (χ0) is 13.1. The van der Waals surface area contributed by atoms with E-state index in [0.29, 0.717) is 10.9 Å². The number of nitrogens with zero attached hydrogens (tertiary/aromatic N) is 2. The van der Waals surface area contributed by atoms with Crippen molar-refractivity contribution in [1.82, 2.24) is 9.78 Å². The number of benzene rings is 1. The standard InChI is InChI=1S/C13H15BrFN3/c1-2-18-8-9(7-17-18)5-13(16)11-4-3-10(15)6-12(11)14/h3-4,6-8,13H,2,5,16H2,1H3. The van der Waals surface area contributed by atoms with Gasteiger partial charge in [0, 0.05) is 23.3 Å². The minimum atomic E-state index is -0.267. The van der Waals surface area contributed by atoms with Crippen molar-refractivity contribution in [2.45, 2.75) is 25.9 Å². The van der Waals surface area contributed by atoms with E-state index in [9.17, 15) is 4.39 Å². The molecule has 0 bridgehead atoms. The molecule has 1 unspecified atom stereocenters. The van der Waals surface area contributed by atoms with Crippen molar-refractivity contribution in [3.63, 3.8) is 0 Å². The van der Waals surface area contributed by atoms with Crippen LogP contribution >= 0.6 is 15.9 Å². The summed E-state index contributed by atoms with van der Waals surface area (Å²) in [5.74, 6) is -0.267. The van der Waals surface area contributed by atoms with E-state index in [4.69, 9.17) is 5.73 Å². The van der Waals surface area contributed by atoms with Crippen LogP contribution in [0.2, 0.25) is 0 Å². The molecule has 1 aromatic carbocycles. The Labute approximate surface area is 114 Å². The molecule has 0 spiro atoms. The predicted molar refractivity (Wildman–Crippen MR) is 72.6 cm³/mol. The Morgan fingerprint density at radius 1 is 1.50 bits per heavy atom. The molecule has 0 radical (unpaired) electrons. The molecule has 5 heteroatoms. The smallest absolute Gasteiger partial charge is 0.124 e. The molecule has 2 N–H and O–H groups in total. The summed E-state index contributed by atoms with van der Waals surface area (Å²) in [6.07, 6.45) is 4.49. The van der Waals surface area contributed by atoms with E-state index in [1.54, 1.807) is 6.07 Å². The Morgan fingerprint density at radius 2 is 2.28 bits per heavy atom. The third-order valence-corrected chi connectivity index (χ3v) is 3.52. The van der Waals surface area contributed by atoms with Crippen LogP contribution in [0.25, 0.3) is 0 Å². The number of halogens is 2. The maximum atomic E-state index is 13.0. The number of aryl methyl sites for hydroxylation is 1. The van der Waals surface area contributed by atoms with Gasteiger partial charge in [0.05, 0.1) is 6.20 Å². The van der Waals surface area contributed by atoms with Crippen LogP contribution in [0, 0.1) is 5.82 Å². The van der Waals surface area contributed by atoms with Gasteiger partial charge in [-0.1, -0.05) is 22.0 Å². The SMILES string of the molecule is CCn1cc(CC(N)c2ccc(F)cc2Br)cn1. The number of aromatic nitrogens is 2. The summed E-state index contributed by atoms with van der Waals surface area (Å²) in [5, 5.41) is 4.21. The first kappa shape index (κ1) is 13.2. The normalized spacial score (nSPS) is 12.7. The molecule has 1 aromatic heterocycles. The third kappa shape index (κ3) is 2.97. The number of hydrogen-bond donors (Lipinski definition) is 1. The fourth-order valence-corrected chi connectivity index (χ4v) is 2.50. The minimum Gasteiger partial charge on any atom is -0.324 e. The Hall–Kier alpha value is -1.20. The molecule has 0 saturated heterocycles. The Morgan fingerprint density at radius 3 is 2.89 bits per heavy atom. The first-order valence-electron chi connectivity index (χ1n) is 5.82. The largest absolute Gasteiger partial charge is 0.324 e. The van der Waals surface area contributed by atoms with Crippen LogP contribution in [0.15, 0.2) is 35.1 Å². The summed E-state index contributed by atoms with van der Waals surface area (Å²) < 4.78 is 15.6. The number of rotatable bonds is 4. The lowest BCUT2D eigenvalue weighted by Crippen LogP contribution is -2.13. The highest BCUT2D eigenvalue weighted by Crippen LogP contribution is 2.25. The molecule has 2 rings (SSSR count). The second-order valence-corrected chi connectivity index (χ2v) is 5.04. The van der Waals surface area contributed by atoms with E-state index in [2.05, 4.69) is 21.0 Å². The van der Waals surface area contributed by atoms with Crippen molar-refractivity contribution in [2.24, 2.45) is 5.73 Å². The van der Waals surface area contributed by atoms with Crippen molar-refractivity contribution in [3.8, 4) is 0 Å². The molecule has 0 aliphatic carbocycles. The molecule has 3 nitrogen and oxygen atoms in total. The molecule has 0 amide bonds. The molecule has 96 valence electrons. The topological polar surface area (TPSA) is 43.8 Å². The lowest BCUT2D eigenvalue weighted by atomic mass is 10.0. The van der Waals surface area contributed by atoms with Gasteiger partial charge in [-0.15, -0.1) is 0 Å². The van der Waals surface area contributed by atoms with Crippen LogP contribution in [-0.4, -0.2) is 9.78 Å². The summed E-state index contributed by atoms with van der Waals surface area (Å²) in [6, 6.07) is 4.41. The first-order chi connectivity index (χ1) is 8.60. The van der Waals surface area contributed by atoms with Gasteiger partial charge in [-0.2, -0.15) is 5.10 Å². The first-order valence-corrected chi connectivity index (χ1v) is 6.61. The van der Waals surface area contributed by atoms with Crippen molar-refractivity contribution in [2.75, 3.05) is 0 Å². The summed E-state index contributed by atoms with van der Waals surface area (Å²) in [7, 11) is 0. The molecular weight excluding hydrogens is 297 g/mol. The van der Waals surface area contributed by atoms with E-state index in [1.807, 2.05) is 24.0 Å². The van der Waals surface area contributed by atoms with Gasteiger partial charge in [0.1, 0.15) is 5.82 Å². The van der Waals surface area contributed by atoms with E-state index >= 15 is 0 Å². The van der Waals surface area contributed by atoms with Gasteiger partial charge >= 0.3 is 0 Å². The fourth-order valence-electron chi connectivity index (χ4n) is 1.85. The Balaban J connectivity index is 2.13.